The van der Waals surface area contributed by atoms with Crippen LogP contribution in [0.15, 0.2) is 60.7 Å². The number of carbonyl (C=O) groups excluding carboxylic acids is 1. The van der Waals surface area contributed by atoms with Gasteiger partial charge in [0.15, 0.2) is 0 Å². The molecule has 0 spiro atoms. The van der Waals surface area contributed by atoms with E-state index in [1.807, 2.05) is 54.6 Å². The maximum Gasteiger partial charge on any atom is 0.406 e. The molecule has 0 atom stereocenters. The molecule has 1 aromatic heterocycles. The standard InChI is InChI=1S/C25H25N3O4/c1-26-25(29)32-12-11-16-5-4-6-17(13-16)27-24-20-9-7-19(31-3)15-23(20)28-22-10-8-18(30-2)14-21(22)24/h4-10,13-15H,11-12H2,1-3H3,(H,26,29)(H,27,28). The first kappa shape index (κ1) is 21.2. The van der Waals surface area contributed by atoms with Crippen LogP contribution in [0.1, 0.15) is 5.56 Å². The highest BCUT2D eigenvalue weighted by atomic mass is 16.5. The number of hydrogen-bond acceptors (Lipinski definition) is 6. The average Bonchev–Trinajstić information content (AvgIpc) is 2.83. The second-order valence-corrected chi connectivity index (χ2v) is 7.21. The van der Waals surface area contributed by atoms with Crippen LogP contribution in [0, 0.1) is 0 Å². The van der Waals surface area contributed by atoms with E-state index in [4.69, 9.17) is 19.2 Å². The van der Waals surface area contributed by atoms with Gasteiger partial charge in [0.1, 0.15) is 11.5 Å². The number of pyridine rings is 1. The number of nitrogens with one attached hydrogen (secondary N) is 2. The Balaban J connectivity index is 1.73. The lowest BCUT2D eigenvalue weighted by molar-refractivity contribution is 0.150. The summed E-state index contributed by atoms with van der Waals surface area (Å²) in [7, 11) is 4.84. The highest BCUT2D eigenvalue weighted by Gasteiger charge is 2.12. The minimum atomic E-state index is -0.432. The molecule has 4 rings (SSSR count). The number of carbonyl (C=O) groups is 1. The summed E-state index contributed by atoms with van der Waals surface area (Å²) in [4.78, 5) is 16.1. The SMILES string of the molecule is CNC(=O)OCCc1cccc(Nc2c3ccc(OC)cc3nc3ccc(OC)cc23)c1. The first-order valence-electron chi connectivity index (χ1n) is 10.3. The Labute approximate surface area is 186 Å². The largest absolute Gasteiger partial charge is 0.497 e. The van der Waals surface area contributed by atoms with E-state index in [1.54, 1.807) is 21.3 Å². The molecule has 2 N–H and O–H groups in total. The minimum absolute atomic E-state index is 0.307. The van der Waals surface area contributed by atoms with Crippen molar-refractivity contribution >= 4 is 39.3 Å². The van der Waals surface area contributed by atoms with Crippen molar-refractivity contribution in [3.63, 3.8) is 0 Å². The van der Waals surface area contributed by atoms with Crippen molar-refractivity contribution in [1.29, 1.82) is 0 Å². The lowest BCUT2D eigenvalue weighted by atomic mass is 10.1. The van der Waals surface area contributed by atoms with E-state index >= 15 is 0 Å². The van der Waals surface area contributed by atoms with Crippen LogP contribution in [0.2, 0.25) is 0 Å². The molecule has 4 aromatic rings. The Bertz CT molecular complexity index is 1270. The molecule has 0 bridgehead atoms. The van der Waals surface area contributed by atoms with Gasteiger partial charge in [-0.1, -0.05) is 12.1 Å². The predicted molar refractivity (Wildman–Crippen MR) is 126 cm³/mol. The number of ether oxygens (including phenoxy) is 3. The van der Waals surface area contributed by atoms with Crippen molar-refractivity contribution in [1.82, 2.24) is 10.3 Å². The van der Waals surface area contributed by atoms with E-state index in [0.29, 0.717) is 13.0 Å². The first-order chi connectivity index (χ1) is 15.6. The van der Waals surface area contributed by atoms with Crippen LogP contribution in [0.25, 0.3) is 21.8 Å². The third kappa shape index (κ3) is 4.51. The molecule has 32 heavy (non-hydrogen) atoms. The van der Waals surface area contributed by atoms with E-state index in [-0.39, 0.29) is 0 Å². The Kier molecular flexibility index (Phi) is 6.26. The van der Waals surface area contributed by atoms with Crippen LogP contribution in [-0.2, 0) is 11.2 Å². The smallest absolute Gasteiger partial charge is 0.406 e. The van der Waals surface area contributed by atoms with Gasteiger partial charge in [0.05, 0.1) is 37.5 Å². The molecule has 3 aromatic carbocycles. The molecule has 7 nitrogen and oxygen atoms in total. The number of methoxy groups -OCH3 is 2. The van der Waals surface area contributed by atoms with E-state index in [0.717, 1.165) is 50.2 Å². The summed E-state index contributed by atoms with van der Waals surface area (Å²) in [5.41, 5.74) is 4.60. The molecule has 0 unspecified atom stereocenters. The summed E-state index contributed by atoms with van der Waals surface area (Å²) in [6.07, 6.45) is 0.185. The number of benzene rings is 3. The molecule has 0 saturated heterocycles. The molecule has 0 saturated carbocycles. The molecule has 0 aliphatic carbocycles. The normalized spacial score (nSPS) is 10.7. The number of alkyl carbamates (subject to hydrolysis) is 1. The average molecular weight is 431 g/mol. The lowest BCUT2D eigenvalue weighted by Crippen LogP contribution is -2.20. The maximum absolute atomic E-state index is 11.3. The van der Waals surface area contributed by atoms with Crippen LogP contribution in [0.3, 0.4) is 0 Å². The highest BCUT2D eigenvalue weighted by Crippen LogP contribution is 2.36. The van der Waals surface area contributed by atoms with E-state index in [9.17, 15) is 4.79 Å². The monoisotopic (exact) mass is 431 g/mol. The van der Waals surface area contributed by atoms with Gasteiger partial charge in [-0.15, -0.1) is 0 Å². The maximum atomic E-state index is 11.3. The van der Waals surface area contributed by atoms with Crippen LogP contribution in [-0.4, -0.2) is 39.0 Å². The van der Waals surface area contributed by atoms with Crippen molar-refractivity contribution in [3.05, 3.63) is 66.2 Å². The lowest BCUT2D eigenvalue weighted by Gasteiger charge is -2.15. The summed E-state index contributed by atoms with van der Waals surface area (Å²) in [6.45, 7) is 0.307. The molecule has 0 aliphatic rings. The third-order valence-electron chi connectivity index (χ3n) is 5.21. The highest BCUT2D eigenvalue weighted by molar-refractivity contribution is 6.09. The Morgan fingerprint density at radius 2 is 1.69 bits per heavy atom. The first-order valence-corrected chi connectivity index (χ1v) is 10.3. The second-order valence-electron chi connectivity index (χ2n) is 7.21. The molecule has 1 heterocycles. The summed E-state index contributed by atoms with van der Waals surface area (Å²) >= 11 is 0. The summed E-state index contributed by atoms with van der Waals surface area (Å²) in [5.74, 6) is 1.51. The van der Waals surface area contributed by atoms with E-state index in [1.165, 1.54) is 0 Å². The molecule has 7 heteroatoms. The third-order valence-corrected chi connectivity index (χ3v) is 5.21. The Morgan fingerprint density at radius 1 is 0.906 bits per heavy atom. The molecule has 1 amide bonds. The summed E-state index contributed by atoms with van der Waals surface area (Å²) in [5, 5.41) is 7.95. The fourth-order valence-corrected chi connectivity index (χ4v) is 3.57. The quantitative estimate of drug-likeness (QED) is 0.399. The second kappa shape index (κ2) is 9.43. The van der Waals surface area contributed by atoms with Crippen molar-refractivity contribution in [2.75, 3.05) is 33.2 Å². The van der Waals surface area contributed by atoms with E-state index < -0.39 is 6.09 Å². The Morgan fingerprint density at radius 3 is 2.47 bits per heavy atom. The molecular weight excluding hydrogens is 406 g/mol. The number of nitrogens with zero attached hydrogens (tertiary/aromatic N) is 1. The molecule has 0 aliphatic heterocycles. The van der Waals surface area contributed by atoms with Crippen molar-refractivity contribution < 1.29 is 19.0 Å². The number of hydrogen-bond donors (Lipinski definition) is 2. The zero-order valence-electron chi connectivity index (χ0n) is 18.3. The van der Waals surface area contributed by atoms with Gasteiger partial charge in [0.2, 0.25) is 0 Å². The van der Waals surface area contributed by atoms with Gasteiger partial charge >= 0.3 is 6.09 Å². The number of amides is 1. The minimum Gasteiger partial charge on any atom is -0.497 e. The van der Waals surface area contributed by atoms with Crippen LogP contribution >= 0.6 is 0 Å². The van der Waals surface area contributed by atoms with Crippen molar-refractivity contribution in [2.45, 2.75) is 6.42 Å². The van der Waals surface area contributed by atoms with Crippen molar-refractivity contribution in [3.8, 4) is 11.5 Å². The van der Waals surface area contributed by atoms with Crippen molar-refractivity contribution in [2.24, 2.45) is 0 Å². The van der Waals surface area contributed by atoms with Gasteiger partial charge in [-0.2, -0.15) is 0 Å². The molecule has 0 fully saturated rings. The van der Waals surface area contributed by atoms with Gasteiger partial charge in [0, 0.05) is 36.0 Å². The zero-order valence-corrected chi connectivity index (χ0v) is 18.3. The number of aromatic nitrogens is 1. The fourth-order valence-electron chi connectivity index (χ4n) is 3.57. The van der Waals surface area contributed by atoms with Gasteiger partial charge in [-0.3, -0.25) is 0 Å². The van der Waals surface area contributed by atoms with Gasteiger partial charge in [0.25, 0.3) is 0 Å². The van der Waals surface area contributed by atoms with Gasteiger partial charge < -0.3 is 24.8 Å². The fraction of sp³-hybridized carbons (Fsp3) is 0.200. The number of fused-ring (bicyclic) bond motifs is 2. The summed E-state index contributed by atoms with van der Waals surface area (Å²) < 4.78 is 15.9. The Hall–Kier alpha value is -4.00. The van der Waals surface area contributed by atoms with Crippen LogP contribution < -0.4 is 20.1 Å². The predicted octanol–water partition coefficient (Wildman–Crippen LogP) is 5.05. The molecular formula is C25H25N3O4. The number of rotatable bonds is 7. The van der Waals surface area contributed by atoms with Gasteiger partial charge in [-0.05, 0) is 48.0 Å². The topological polar surface area (TPSA) is 81.7 Å². The van der Waals surface area contributed by atoms with Gasteiger partial charge in [-0.25, -0.2) is 9.78 Å². The summed E-state index contributed by atoms with van der Waals surface area (Å²) in [6, 6.07) is 19.7. The molecule has 164 valence electrons. The van der Waals surface area contributed by atoms with Crippen LogP contribution in [0.4, 0.5) is 16.2 Å². The molecule has 0 radical (unpaired) electrons. The number of anilines is 2. The zero-order chi connectivity index (χ0) is 22.5. The van der Waals surface area contributed by atoms with Crippen LogP contribution in [0.5, 0.6) is 11.5 Å². The van der Waals surface area contributed by atoms with E-state index in [2.05, 4.69) is 16.7 Å².